The molecule has 0 bridgehead atoms. The van der Waals surface area contributed by atoms with Crippen molar-refractivity contribution in [2.24, 2.45) is 11.8 Å². The molecule has 0 amide bonds. The first-order chi connectivity index (χ1) is 17.0. The molecule has 36 heavy (non-hydrogen) atoms. The zero-order chi connectivity index (χ0) is 25.2. The smallest absolute Gasteiger partial charge is 0.224 e. The third-order valence-electron chi connectivity index (χ3n) is 6.28. The minimum absolute atomic E-state index is 0. The third-order valence-corrected chi connectivity index (χ3v) is 6.28. The van der Waals surface area contributed by atoms with E-state index in [1.807, 2.05) is 70.2 Å². The van der Waals surface area contributed by atoms with Gasteiger partial charge in [0.2, 0.25) is 5.88 Å². The number of aromatic nitrogens is 1. The van der Waals surface area contributed by atoms with Gasteiger partial charge < -0.3 is 9.84 Å². The average Bonchev–Trinajstić information content (AvgIpc) is 2.89. The van der Waals surface area contributed by atoms with Crippen LogP contribution in [0, 0.1) is 17.9 Å². The molecule has 0 spiro atoms. The molecular weight excluding hydrogens is 627 g/mol. The number of carbonyl (C=O) groups is 1. The van der Waals surface area contributed by atoms with E-state index in [-0.39, 0.29) is 43.5 Å². The van der Waals surface area contributed by atoms with Crippen LogP contribution in [0.15, 0.2) is 84.8 Å². The van der Waals surface area contributed by atoms with E-state index >= 15 is 0 Å². The second-order valence-electron chi connectivity index (χ2n) is 8.66. The minimum Gasteiger partial charge on any atom is -0.512 e. The normalized spacial score (nSPS) is 12.0. The van der Waals surface area contributed by atoms with Crippen molar-refractivity contribution in [3.63, 3.8) is 0 Å². The van der Waals surface area contributed by atoms with Crippen LogP contribution in [0.25, 0.3) is 21.5 Å². The Labute approximate surface area is 227 Å². The largest absolute Gasteiger partial charge is 0.512 e. The zero-order valence-electron chi connectivity index (χ0n) is 21.3. The first-order valence-corrected chi connectivity index (χ1v) is 12.3. The van der Waals surface area contributed by atoms with Crippen molar-refractivity contribution in [2.75, 3.05) is 0 Å². The van der Waals surface area contributed by atoms with Crippen molar-refractivity contribution >= 4 is 27.3 Å². The SMILES string of the molecule is CCC(CC)C(=O)/C=C(\O)C(C)CC.[Ir].[c-]1ccccc1Oc1nccc2cc3ccccc3cc12. The van der Waals surface area contributed by atoms with Crippen LogP contribution in [0.4, 0.5) is 0 Å². The fourth-order valence-electron chi connectivity index (χ4n) is 3.77. The number of para-hydroxylation sites is 1. The Hall–Kier alpha value is -3.01. The Morgan fingerprint density at radius 3 is 2.25 bits per heavy atom. The summed E-state index contributed by atoms with van der Waals surface area (Å²) in [6.45, 7) is 7.92. The van der Waals surface area contributed by atoms with E-state index in [0.29, 0.717) is 11.6 Å². The number of rotatable bonds is 8. The number of benzene rings is 3. The summed E-state index contributed by atoms with van der Waals surface area (Å²) in [5.74, 6) is 1.73. The molecule has 1 atom stereocenters. The monoisotopic (exact) mass is 661 g/mol. The van der Waals surface area contributed by atoms with Gasteiger partial charge in [-0.3, -0.25) is 4.79 Å². The van der Waals surface area contributed by atoms with Crippen LogP contribution < -0.4 is 4.74 Å². The van der Waals surface area contributed by atoms with Gasteiger partial charge in [-0.2, -0.15) is 18.2 Å². The summed E-state index contributed by atoms with van der Waals surface area (Å²) in [7, 11) is 0. The first kappa shape index (κ1) is 29.2. The second-order valence-corrected chi connectivity index (χ2v) is 8.66. The first-order valence-electron chi connectivity index (χ1n) is 12.3. The van der Waals surface area contributed by atoms with Gasteiger partial charge in [0.1, 0.15) is 0 Å². The molecule has 1 unspecified atom stereocenters. The predicted molar refractivity (Wildman–Crippen MR) is 144 cm³/mol. The van der Waals surface area contributed by atoms with Crippen LogP contribution in [0.3, 0.4) is 0 Å². The number of allylic oxidation sites excluding steroid dienone is 2. The molecule has 3 aromatic carbocycles. The van der Waals surface area contributed by atoms with Gasteiger partial charge in [-0.15, -0.1) is 12.1 Å². The molecule has 0 fully saturated rings. The van der Waals surface area contributed by atoms with Gasteiger partial charge in [0.15, 0.2) is 5.78 Å². The summed E-state index contributed by atoms with van der Waals surface area (Å²) >= 11 is 0. The number of ether oxygens (including phenoxy) is 1. The number of fused-ring (bicyclic) bond motifs is 2. The molecule has 1 heterocycles. The molecule has 0 saturated heterocycles. The molecule has 191 valence electrons. The molecule has 0 saturated carbocycles. The van der Waals surface area contributed by atoms with Gasteiger partial charge in [-0.25, -0.2) is 4.98 Å². The second kappa shape index (κ2) is 14.5. The van der Waals surface area contributed by atoms with E-state index in [4.69, 9.17) is 4.74 Å². The van der Waals surface area contributed by atoms with Gasteiger partial charge >= 0.3 is 0 Å². The van der Waals surface area contributed by atoms with Crippen LogP contribution in [0.5, 0.6) is 11.6 Å². The summed E-state index contributed by atoms with van der Waals surface area (Å²) < 4.78 is 5.87. The molecule has 0 aliphatic heterocycles. The van der Waals surface area contributed by atoms with E-state index in [0.717, 1.165) is 30.0 Å². The molecule has 4 nitrogen and oxygen atoms in total. The number of aliphatic hydroxyl groups is 1. The van der Waals surface area contributed by atoms with E-state index in [1.54, 1.807) is 6.20 Å². The molecular formula is C31H34IrNO3-. The Morgan fingerprint density at radius 1 is 0.972 bits per heavy atom. The maximum absolute atomic E-state index is 11.6. The molecule has 0 aliphatic carbocycles. The van der Waals surface area contributed by atoms with Crippen LogP contribution in [-0.2, 0) is 24.9 Å². The number of hydrogen-bond donors (Lipinski definition) is 1. The summed E-state index contributed by atoms with van der Waals surface area (Å²) in [6, 6.07) is 25.2. The minimum atomic E-state index is 0. The predicted octanol–water partition coefficient (Wildman–Crippen LogP) is 8.46. The van der Waals surface area contributed by atoms with Crippen molar-refractivity contribution in [1.82, 2.24) is 4.98 Å². The van der Waals surface area contributed by atoms with E-state index < -0.39 is 0 Å². The number of carbonyl (C=O) groups excluding carboxylic acids is 1. The molecule has 5 heteroatoms. The van der Waals surface area contributed by atoms with E-state index in [9.17, 15) is 9.90 Å². The van der Waals surface area contributed by atoms with Gasteiger partial charge in [0.25, 0.3) is 0 Å². The third kappa shape index (κ3) is 7.74. The Morgan fingerprint density at radius 2 is 1.64 bits per heavy atom. The number of aliphatic hydroxyl groups excluding tert-OH is 1. The summed E-state index contributed by atoms with van der Waals surface area (Å²) in [6.07, 6.45) is 5.74. The van der Waals surface area contributed by atoms with Gasteiger partial charge in [-0.05, 0) is 53.6 Å². The van der Waals surface area contributed by atoms with Crippen molar-refractivity contribution in [2.45, 2.75) is 47.0 Å². The van der Waals surface area contributed by atoms with Crippen molar-refractivity contribution in [3.8, 4) is 11.6 Å². The van der Waals surface area contributed by atoms with E-state index in [1.165, 1.54) is 16.8 Å². The molecule has 4 aromatic rings. The standard InChI is InChI=1S/C19H12NO.C12H22O2.Ir/c1-2-8-17(9-3-1)21-19-18-13-15-7-5-4-6-14(15)12-16(18)10-11-20-19;1-5-9(4)11(13)8-12(14)10(6-2)7-3;/h1-8,10-13H;8-10,13H,5-7H2,1-4H3;/q-1;;/b;11-8-;. The van der Waals surface area contributed by atoms with Crippen molar-refractivity contribution < 1.29 is 34.7 Å². The topological polar surface area (TPSA) is 59.4 Å². The molecule has 1 aromatic heterocycles. The maximum Gasteiger partial charge on any atom is 0.224 e. The van der Waals surface area contributed by atoms with Gasteiger partial charge in [-0.1, -0.05) is 52.0 Å². The van der Waals surface area contributed by atoms with Gasteiger partial charge in [0.05, 0.1) is 5.76 Å². The Kier molecular flexibility index (Phi) is 11.8. The Balaban J connectivity index is 0.000000270. The van der Waals surface area contributed by atoms with Crippen LogP contribution in [0.2, 0.25) is 0 Å². The summed E-state index contributed by atoms with van der Waals surface area (Å²) in [5, 5.41) is 14.1. The zero-order valence-corrected chi connectivity index (χ0v) is 23.7. The van der Waals surface area contributed by atoms with Gasteiger partial charge in [0, 0.05) is 55.3 Å². The number of hydrogen-bond acceptors (Lipinski definition) is 4. The van der Waals surface area contributed by atoms with E-state index in [2.05, 4.69) is 35.3 Å². The number of nitrogens with zero attached hydrogens (tertiary/aromatic N) is 1. The fourth-order valence-corrected chi connectivity index (χ4v) is 3.77. The molecule has 1 radical (unpaired) electrons. The molecule has 4 rings (SSSR count). The number of pyridine rings is 1. The van der Waals surface area contributed by atoms with Crippen molar-refractivity contribution in [1.29, 1.82) is 0 Å². The number of ketones is 1. The van der Waals surface area contributed by atoms with Crippen LogP contribution in [-0.4, -0.2) is 15.9 Å². The summed E-state index contributed by atoms with van der Waals surface area (Å²) in [5.41, 5.74) is 0. The molecule has 1 N–H and O–H groups in total. The summed E-state index contributed by atoms with van der Waals surface area (Å²) in [4.78, 5) is 16.0. The fraction of sp³-hybridized carbons (Fsp3) is 0.290. The van der Waals surface area contributed by atoms with Crippen LogP contribution in [0.1, 0.15) is 47.0 Å². The van der Waals surface area contributed by atoms with Crippen LogP contribution >= 0.6 is 0 Å². The van der Waals surface area contributed by atoms with Crippen molar-refractivity contribution in [3.05, 3.63) is 90.8 Å². The quantitative estimate of drug-likeness (QED) is 0.0892. The molecule has 0 aliphatic rings. The average molecular weight is 661 g/mol. The Bertz CT molecular complexity index is 1280. The maximum atomic E-state index is 11.6.